The van der Waals surface area contributed by atoms with Crippen LogP contribution in [0, 0.1) is 0 Å². The smallest absolute Gasteiger partial charge is 0.251 e. The molecule has 1 aliphatic heterocycles. The Bertz CT molecular complexity index is 1260. The van der Waals surface area contributed by atoms with Crippen molar-refractivity contribution in [2.75, 3.05) is 23.3 Å². The van der Waals surface area contributed by atoms with Crippen molar-refractivity contribution in [3.63, 3.8) is 0 Å². The van der Waals surface area contributed by atoms with Gasteiger partial charge in [0.05, 0.1) is 18.2 Å². The molecule has 3 aliphatic rings. The van der Waals surface area contributed by atoms with E-state index in [0.717, 1.165) is 61.9 Å². The van der Waals surface area contributed by atoms with E-state index in [-0.39, 0.29) is 30.3 Å². The van der Waals surface area contributed by atoms with Gasteiger partial charge < -0.3 is 31.3 Å². The monoisotopic (exact) mass is 603 g/mol. The molecular formula is C35H49N5O4. The number of nitrogens with zero attached hydrogens (tertiary/aromatic N) is 1. The lowest BCUT2D eigenvalue weighted by atomic mass is 9.95. The van der Waals surface area contributed by atoms with Gasteiger partial charge in [-0.15, -0.1) is 0 Å². The van der Waals surface area contributed by atoms with E-state index in [1.165, 1.54) is 19.3 Å². The zero-order valence-corrected chi connectivity index (χ0v) is 26.0. The van der Waals surface area contributed by atoms with Crippen LogP contribution >= 0.6 is 0 Å². The Hall–Kier alpha value is -3.43. The van der Waals surface area contributed by atoms with Gasteiger partial charge in [-0.05, 0) is 69.2 Å². The molecule has 238 valence electrons. The topological polar surface area (TPSA) is 123 Å². The molecule has 0 spiro atoms. The van der Waals surface area contributed by atoms with E-state index in [1.807, 2.05) is 42.5 Å². The van der Waals surface area contributed by atoms with Gasteiger partial charge in [-0.3, -0.25) is 14.4 Å². The molecule has 1 unspecified atom stereocenters. The molecule has 0 aromatic heterocycles. The van der Waals surface area contributed by atoms with Crippen LogP contribution in [0.25, 0.3) is 0 Å². The minimum absolute atomic E-state index is 0.0664. The molecule has 44 heavy (non-hydrogen) atoms. The standard InChI is InChI=1S/C35H49N5O4/c1-24(34(43)38-28-13-6-3-7-14-28)36-23-32(41)31(19-25-11-4-2-5-12-25)39-35(44)26-20-29(37-27-15-8-9-16-27)22-30(21-26)40-18-10-17-33(40)42/h2,4-5,11-12,20-22,24,27-28,31-32,36-37,41H,3,6-10,13-19,23H2,1H3,(H,38,43)(H,39,44)/t24?,31-,32+/m0/s1. The Morgan fingerprint density at radius 1 is 0.932 bits per heavy atom. The number of carbonyl (C=O) groups is 3. The molecule has 9 heteroatoms. The van der Waals surface area contributed by atoms with Gasteiger partial charge in [0, 0.05) is 48.5 Å². The summed E-state index contributed by atoms with van der Waals surface area (Å²) >= 11 is 0. The van der Waals surface area contributed by atoms with Crippen LogP contribution in [0.4, 0.5) is 11.4 Å². The highest BCUT2D eigenvalue weighted by Crippen LogP contribution is 2.29. The van der Waals surface area contributed by atoms with Gasteiger partial charge in [0.1, 0.15) is 0 Å². The van der Waals surface area contributed by atoms with E-state index in [1.54, 1.807) is 17.9 Å². The lowest BCUT2D eigenvalue weighted by Gasteiger charge is -2.28. The van der Waals surface area contributed by atoms with Crippen LogP contribution in [0.2, 0.25) is 0 Å². The van der Waals surface area contributed by atoms with Gasteiger partial charge in [0.2, 0.25) is 11.8 Å². The molecule has 9 nitrogen and oxygen atoms in total. The number of anilines is 2. The Morgan fingerprint density at radius 3 is 2.34 bits per heavy atom. The lowest BCUT2D eigenvalue weighted by Crippen LogP contribution is -2.53. The summed E-state index contributed by atoms with van der Waals surface area (Å²) in [6.07, 6.45) is 10.9. The Balaban J connectivity index is 1.29. The second-order valence-electron chi connectivity index (χ2n) is 12.9. The number of aliphatic hydroxyl groups excluding tert-OH is 1. The van der Waals surface area contributed by atoms with Crippen LogP contribution < -0.4 is 26.2 Å². The molecule has 1 heterocycles. The quantitative estimate of drug-likeness (QED) is 0.233. The summed E-state index contributed by atoms with van der Waals surface area (Å²) in [6.45, 7) is 2.59. The summed E-state index contributed by atoms with van der Waals surface area (Å²) in [5.74, 6) is -0.307. The van der Waals surface area contributed by atoms with E-state index in [4.69, 9.17) is 0 Å². The molecule has 3 amide bonds. The summed E-state index contributed by atoms with van der Waals surface area (Å²) in [5.41, 5.74) is 2.99. The molecule has 5 rings (SSSR count). The highest BCUT2D eigenvalue weighted by atomic mass is 16.3. The number of rotatable bonds is 13. The third kappa shape index (κ3) is 8.82. The van der Waals surface area contributed by atoms with E-state index in [2.05, 4.69) is 21.3 Å². The molecule has 0 bridgehead atoms. The predicted octanol–water partition coefficient (Wildman–Crippen LogP) is 4.30. The van der Waals surface area contributed by atoms with Gasteiger partial charge in [-0.2, -0.15) is 0 Å². The maximum absolute atomic E-state index is 13.8. The van der Waals surface area contributed by atoms with Gasteiger partial charge in [-0.25, -0.2) is 0 Å². The fraction of sp³-hybridized carbons (Fsp3) is 0.571. The number of aliphatic hydroxyl groups is 1. The summed E-state index contributed by atoms with van der Waals surface area (Å²) in [5, 5.41) is 24.4. The van der Waals surface area contributed by atoms with Gasteiger partial charge in [0.15, 0.2) is 0 Å². The summed E-state index contributed by atoms with van der Waals surface area (Å²) in [4.78, 5) is 41.0. The second kappa shape index (κ2) is 15.5. The second-order valence-corrected chi connectivity index (χ2v) is 12.9. The van der Waals surface area contributed by atoms with E-state index >= 15 is 0 Å². The number of benzene rings is 2. The molecule has 3 fully saturated rings. The maximum atomic E-state index is 13.8. The van der Waals surface area contributed by atoms with Crippen molar-refractivity contribution in [2.45, 2.75) is 114 Å². The molecule has 2 aromatic carbocycles. The average Bonchev–Trinajstić information content (AvgIpc) is 3.71. The van der Waals surface area contributed by atoms with Crippen LogP contribution in [0.15, 0.2) is 48.5 Å². The molecule has 2 aliphatic carbocycles. The van der Waals surface area contributed by atoms with Crippen molar-refractivity contribution < 1.29 is 19.5 Å². The van der Waals surface area contributed by atoms with Crippen molar-refractivity contribution in [1.82, 2.24) is 16.0 Å². The van der Waals surface area contributed by atoms with Gasteiger partial charge in [0.25, 0.3) is 5.91 Å². The zero-order valence-electron chi connectivity index (χ0n) is 26.0. The highest BCUT2D eigenvalue weighted by Gasteiger charge is 2.27. The molecular weight excluding hydrogens is 554 g/mol. The van der Waals surface area contributed by atoms with Crippen molar-refractivity contribution in [3.8, 4) is 0 Å². The number of nitrogens with one attached hydrogen (secondary N) is 4. The summed E-state index contributed by atoms with van der Waals surface area (Å²) in [7, 11) is 0. The van der Waals surface area contributed by atoms with Crippen molar-refractivity contribution in [3.05, 3.63) is 59.7 Å². The molecule has 2 saturated carbocycles. The van der Waals surface area contributed by atoms with Crippen LogP contribution in [0.1, 0.15) is 93.5 Å². The van der Waals surface area contributed by atoms with Crippen molar-refractivity contribution in [2.24, 2.45) is 0 Å². The van der Waals surface area contributed by atoms with E-state index in [9.17, 15) is 19.5 Å². The number of carbonyl (C=O) groups excluding carboxylic acids is 3. The zero-order chi connectivity index (χ0) is 30.9. The third-order valence-corrected chi connectivity index (χ3v) is 9.35. The fourth-order valence-electron chi connectivity index (χ4n) is 6.72. The SMILES string of the molecule is CC(NC[C@@H](O)[C@H](Cc1ccccc1)NC(=O)c1cc(NC2CCCC2)cc(N2CCCC2=O)c1)C(=O)NC1CCCCC1. The molecule has 3 atom stereocenters. The molecule has 0 radical (unpaired) electrons. The van der Waals surface area contributed by atoms with E-state index < -0.39 is 18.2 Å². The largest absolute Gasteiger partial charge is 0.390 e. The van der Waals surface area contributed by atoms with Crippen molar-refractivity contribution >= 4 is 29.1 Å². The number of hydrogen-bond donors (Lipinski definition) is 5. The predicted molar refractivity (Wildman–Crippen MR) is 174 cm³/mol. The minimum atomic E-state index is -0.941. The number of hydrogen-bond acceptors (Lipinski definition) is 6. The first-order valence-electron chi connectivity index (χ1n) is 16.6. The molecule has 5 N–H and O–H groups in total. The van der Waals surface area contributed by atoms with Crippen LogP contribution in [0.5, 0.6) is 0 Å². The van der Waals surface area contributed by atoms with Crippen LogP contribution in [-0.2, 0) is 16.0 Å². The highest BCUT2D eigenvalue weighted by molar-refractivity contribution is 6.00. The fourth-order valence-corrected chi connectivity index (χ4v) is 6.72. The minimum Gasteiger partial charge on any atom is -0.390 e. The Morgan fingerprint density at radius 2 is 1.64 bits per heavy atom. The Labute approximate surface area is 261 Å². The van der Waals surface area contributed by atoms with Gasteiger partial charge in [-0.1, -0.05) is 62.4 Å². The summed E-state index contributed by atoms with van der Waals surface area (Å²) < 4.78 is 0. The first-order valence-corrected chi connectivity index (χ1v) is 16.6. The van der Waals surface area contributed by atoms with Crippen LogP contribution in [0.3, 0.4) is 0 Å². The van der Waals surface area contributed by atoms with Crippen molar-refractivity contribution in [1.29, 1.82) is 0 Å². The summed E-state index contributed by atoms with van der Waals surface area (Å²) in [6, 6.07) is 14.9. The number of amides is 3. The Kier molecular flexibility index (Phi) is 11.3. The first kappa shape index (κ1) is 32.0. The third-order valence-electron chi connectivity index (χ3n) is 9.35. The maximum Gasteiger partial charge on any atom is 0.251 e. The molecule has 2 aromatic rings. The molecule has 1 saturated heterocycles. The first-order chi connectivity index (χ1) is 21.4. The van der Waals surface area contributed by atoms with Gasteiger partial charge >= 0.3 is 0 Å². The van der Waals surface area contributed by atoms with E-state index in [0.29, 0.717) is 31.0 Å². The van der Waals surface area contributed by atoms with Crippen LogP contribution in [-0.4, -0.2) is 66.2 Å². The lowest BCUT2D eigenvalue weighted by molar-refractivity contribution is -0.123. The average molecular weight is 604 g/mol. The normalized spacial score (nSPS) is 19.9.